The van der Waals surface area contributed by atoms with Gasteiger partial charge in [-0.1, -0.05) is 81.2 Å². The van der Waals surface area contributed by atoms with E-state index in [1.54, 1.807) is 12.0 Å². The second-order valence-electron chi connectivity index (χ2n) is 9.00. The quantitative estimate of drug-likeness (QED) is 0.150. The average Bonchev–Trinajstić information content (AvgIpc) is 3.42. The van der Waals surface area contributed by atoms with Crippen LogP contribution in [0.1, 0.15) is 56.6 Å². The van der Waals surface area contributed by atoms with Crippen LogP contribution in [0.15, 0.2) is 59.6 Å². The van der Waals surface area contributed by atoms with Crippen molar-refractivity contribution in [1.82, 2.24) is 14.7 Å². The fourth-order valence-corrected chi connectivity index (χ4v) is 5.63. The highest BCUT2D eigenvalue weighted by Crippen LogP contribution is 2.36. The predicted molar refractivity (Wildman–Crippen MR) is 154 cm³/mol. The summed E-state index contributed by atoms with van der Waals surface area (Å²) in [5, 5.41) is 4.92. The maximum atomic E-state index is 13.3. The van der Waals surface area contributed by atoms with Crippen molar-refractivity contribution in [2.75, 3.05) is 13.7 Å². The lowest BCUT2D eigenvalue weighted by molar-refractivity contribution is -0.122. The molecule has 0 atom stereocenters. The number of carbonyl (C=O) groups is 1. The SMILES string of the molecule is CCCCCCCCN1C(=O)/C(=C/c2cn(-c3ccccc3)nc2-c2ccc(OC)cc2C)SC1=S. The highest BCUT2D eigenvalue weighted by molar-refractivity contribution is 8.26. The molecule has 4 rings (SSSR count). The molecule has 1 saturated heterocycles. The monoisotopic (exact) mass is 519 g/mol. The number of carbonyl (C=O) groups excluding carboxylic acids is 1. The van der Waals surface area contributed by atoms with E-state index in [0.29, 0.717) is 15.8 Å². The Morgan fingerprint density at radius 3 is 2.53 bits per heavy atom. The van der Waals surface area contributed by atoms with E-state index in [2.05, 4.69) is 6.92 Å². The summed E-state index contributed by atoms with van der Waals surface area (Å²) in [6.45, 7) is 4.95. The second-order valence-corrected chi connectivity index (χ2v) is 10.7. The van der Waals surface area contributed by atoms with Crippen LogP contribution < -0.4 is 4.74 Å². The largest absolute Gasteiger partial charge is 0.497 e. The molecule has 1 amide bonds. The first kappa shape index (κ1) is 26.2. The van der Waals surface area contributed by atoms with E-state index in [1.807, 2.05) is 72.4 Å². The molecule has 1 aromatic heterocycles. The molecule has 1 aliphatic rings. The Kier molecular flexibility index (Phi) is 8.99. The summed E-state index contributed by atoms with van der Waals surface area (Å²) < 4.78 is 7.89. The number of hydrogen-bond acceptors (Lipinski definition) is 5. The third-order valence-corrected chi connectivity index (χ3v) is 7.73. The van der Waals surface area contributed by atoms with Gasteiger partial charge < -0.3 is 4.74 Å². The molecule has 0 radical (unpaired) electrons. The van der Waals surface area contributed by atoms with Crippen molar-refractivity contribution in [2.24, 2.45) is 0 Å². The molecule has 1 fully saturated rings. The van der Waals surface area contributed by atoms with Gasteiger partial charge in [-0.2, -0.15) is 5.10 Å². The number of amides is 1. The van der Waals surface area contributed by atoms with Crippen molar-refractivity contribution in [3.8, 4) is 22.7 Å². The zero-order chi connectivity index (χ0) is 25.5. The zero-order valence-corrected chi connectivity index (χ0v) is 22.8. The number of aryl methyl sites for hydroxylation is 1. The van der Waals surface area contributed by atoms with Gasteiger partial charge in [-0.05, 0) is 55.3 Å². The highest BCUT2D eigenvalue weighted by Gasteiger charge is 2.32. The summed E-state index contributed by atoms with van der Waals surface area (Å²) in [6.07, 6.45) is 11.0. The Morgan fingerprint density at radius 2 is 1.81 bits per heavy atom. The molecule has 2 aromatic carbocycles. The molecular weight excluding hydrogens is 486 g/mol. The average molecular weight is 520 g/mol. The van der Waals surface area contributed by atoms with E-state index in [4.69, 9.17) is 22.1 Å². The number of thiocarbonyl (C=S) groups is 1. The number of nitrogens with zero attached hydrogens (tertiary/aromatic N) is 3. The van der Waals surface area contributed by atoms with Crippen LogP contribution >= 0.6 is 24.0 Å². The Morgan fingerprint density at radius 1 is 1.06 bits per heavy atom. The Bertz CT molecular complexity index is 1250. The molecule has 36 heavy (non-hydrogen) atoms. The minimum atomic E-state index is -0.0107. The van der Waals surface area contributed by atoms with Gasteiger partial charge in [0, 0.05) is 23.9 Å². The van der Waals surface area contributed by atoms with Gasteiger partial charge in [0.15, 0.2) is 0 Å². The smallest absolute Gasteiger partial charge is 0.266 e. The normalized spacial score (nSPS) is 14.8. The first-order chi connectivity index (χ1) is 17.5. The highest BCUT2D eigenvalue weighted by atomic mass is 32.2. The van der Waals surface area contributed by atoms with Crippen LogP contribution in [0.3, 0.4) is 0 Å². The summed E-state index contributed by atoms with van der Waals surface area (Å²) in [5.41, 5.74) is 4.71. The minimum Gasteiger partial charge on any atom is -0.497 e. The van der Waals surface area contributed by atoms with E-state index in [9.17, 15) is 4.79 Å². The lowest BCUT2D eigenvalue weighted by atomic mass is 10.0. The Balaban J connectivity index is 1.62. The van der Waals surface area contributed by atoms with E-state index in [-0.39, 0.29) is 5.91 Å². The van der Waals surface area contributed by atoms with Crippen molar-refractivity contribution in [1.29, 1.82) is 0 Å². The molecule has 3 aromatic rings. The van der Waals surface area contributed by atoms with Crippen LogP contribution in [0, 0.1) is 6.92 Å². The minimum absolute atomic E-state index is 0.0107. The van der Waals surface area contributed by atoms with Crippen molar-refractivity contribution in [3.05, 3.63) is 70.8 Å². The van der Waals surface area contributed by atoms with Crippen LogP contribution in [0.4, 0.5) is 0 Å². The number of methoxy groups -OCH3 is 1. The number of para-hydroxylation sites is 1. The number of aromatic nitrogens is 2. The standard InChI is InChI=1S/C29H33N3O2S2/c1-4-5-6-7-8-12-17-31-28(33)26(36-29(31)35)19-22-20-32(23-13-10-9-11-14-23)30-27(22)25-16-15-24(34-3)18-21(25)2/h9-11,13-16,18-20H,4-8,12,17H2,1-3H3/b26-19-. The van der Waals surface area contributed by atoms with Gasteiger partial charge in [0.05, 0.1) is 17.7 Å². The number of benzene rings is 2. The first-order valence-corrected chi connectivity index (χ1v) is 13.8. The number of ether oxygens (including phenoxy) is 1. The van der Waals surface area contributed by atoms with Gasteiger partial charge in [-0.15, -0.1) is 0 Å². The van der Waals surface area contributed by atoms with E-state index in [1.165, 1.54) is 37.4 Å². The van der Waals surface area contributed by atoms with Crippen molar-refractivity contribution < 1.29 is 9.53 Å². The lowest BCUT2D eigenvalue weighted by Gasteiger charge is -2.14. The van der Waals surface area contributed by atoms with Crippen molar-refractivity contribution in [2.45, 2.75) is 52.4 Å². The summed E-state index contributed by atoms with van der Waals surface area (Å²) in [4.78, 5) is 15.7. The van der Waals surface area contributed by atoms with Gasteiger partial charge >= 0.3 is 0 Å². The predicted octanol–water partition coefficient (Wildman–Crippen LogP) is 7.42. The topological polar surface area (TPSA) is 47.4 Å². The third kappa shape index (κ3) is 6.08. The molecule has 7 heteroatoms. The summed E-state index contributed by atoms with van der Waals surface area (Å²) in [6, 6.07) is 16.0. The van der Waals surface area contributed by atoms with Gasteiger partial charge in [0.25, 0.3) is 5.91 Å². The fourth-order valence-electron chi connectivity index (χ4n) is 4.33. The van der Waals surface area contributed by atoms with Crippen LogP contribution in [0.2, 0.25) is 0 Å². The maximum absolute atomic E-state index is 13.3. The van der Waals surface area contributed by atoms with Crippen molar-refractivity contribution in [3.63, 3.8) is 0 Å². The maximum Gasteiger partial charge on any atom is 0.266 e. The van der Waals surface area contributed by atoms with Crippen LogP contribution in [-0.4, -0.2) is 38.6 Å². The van der Waals surface area contributed by atoms with Crippen LogP contribution in [0.25, 0.3) is 23.0 Å². The van der Waals surface area contributed by atoms with Gasteiger partial charge in [0.1, 0.15) is 15.8 Å². The molecule has 0 spiro atoms. The molecule has 1 aliphatic heterocycles. The molecule has 2 heterocycles. The van der Waals surface area contributed by atoms with Crippen LogP contribution in [-0.2, 0) is 4.79 Å². The fraction of sp³-hybridized carbons (Fsp3) is 0.345. The Labute approximate surface area is 223 Å². The Hall–Kier alpha value is -2.90. The summed E-state index contributed by atoms with van der Waals surface area (Å²) in [5.74, 6) is 0.791. The van der Waals surface area contributed by atoms with Crippen molar-refractivity contribution >= 4 is 40.3 Å². The summed E-state index contributed by atoms with van der Waals surface area (Å²) >= 11 is 6.96. The number of thioether (sulfide) groups is 1. The van der Waals surface area contributed by atoms with E-state index in [0.717, 1.165) is 46.7 Å². The van der Waals surface area contributed by atoms with Gasteiger partial charge in [-0.3, -0.25) is 9.69 Å². The number of rotatable bonds is 11. The molecule has 0 aliphatic carbocycles. The molecule has 0 bridgehead atoms. The molecule has 0 N–H and O–H groups in total. The second kappa shape index (κ2) is 12.4. The number of hydrogen-bond donors (Lipinski definition) is 0. The van der Waals surface area contributed by atoms with E-state index >= 15 is 0 Å². The van der Waals surface area contributed by atoms with E-state index < -0.39 is 0 Å². The molecular formula is C29H33N3O2S2. The summed E-state index contributed by atoms with van der Waals surface area (Å²) in [7, 11) is 1.66. The molecule has 5 nitrogen and oxygen atoms in total. The molecule has 188 valence electrons. The third-order valence-electron chi connectivity index (χ3n) is 6.35. The van der Waals surface area contributed by atoms with Gasteiger partial charge in [0.2, 0.25) is 0 Å². The molecule has 0 unspecified atom stereocenters. The van der Waals surface area contributed by atoms with Crippen LogP contribution in [0.5, 0.6) is 5.75 Å². The number of unbranched alkanes of at least 4 members (excludes halogenated alkanes) is 5. The molecule has 0 saturated carbocycles. The zero-order valence-electron chi connectivity index (χ0n) is 21.2. The lowest BCUT2D eigenvalue weighted by Crippen LogP contribution is -2.29. The van der Waals surface area contributed by atoms with Gasteiger partial charge in [-0.25, -0.2) is 4.68 Å². The first-order valence-electron chi connectivity index (χ1n) is 12.6.